The van der Waals surface area contributed by atoms with Gasteiger partial charge in [0.15, 0.2) is 0 Å². The molecule has 1 aromatic rings. The average molecular weight is 255 g/mol. The Balaban J connectivity index is 2.05. The highest BCUT2D eigenvalue weighted by Gasteiger charge is 2.22. The normalized spacial score (nSPS) is 20.9. The van der Waals surface area contributed by atoms with Gasteiger partial charge in [0.2, 0.25) is 0 Å². The van der Waals surface area contributed by atoms with E-state index in [2.05, 4.69) is 33.9 Å². The summed E-state index contributed by atoms with van der Waals surface area (Å²) < 4.78 is 0. The summed E-state index contributed by atoms with van der Waals surface area (Å²) >= 11 is 5.71. The number of alkyl halides is 1. The van der Waals surface area contributed by atoms with Crippen LogP contribution in [0.2, 0.25) is 0 Å². The maximum Gasteiger partial charge on any atom is 0.147 e. The van der Waals surface area contributed by atoms with E-state index in [9.17, 15) is 0 Å². The first kappa shape index (κ1) is 12.6. The fourth-order valence-electron chi connectivity index (χ4n) is 2.16. The Hall–Kier alpha value is -0.870. The van der Waals surface area contributed by atoms with Gasteiger partial charge in [0, 0.05) is 19.1 Å². The molecule has 0 bridgehead atoms. The zero-order valence-electron chi connectivity index (χ0n) is 10.4. The number of aromatic nitrogens is 2. The molecular formula is C12H19ClN4. The number of nitrogens with zero attached hydrogens (tertiary/aromatic N) is 4. The summed E-state index contributed by atoms with van der Waals surface area (Å²) in [5.74, 6) is 1.39. The van der Waals surface area contributed by atoms with E-state index in [0.717, 1.165) is 24.6 Å². The lowest BCUT2D eigenvalue weighted by Crippen LogP contribution is -2.45. The summed E-state index contributed by atoms with van der Waals surface area (Å²) in [4.78, 5) is 13.3. The number of anilines is 1. The van der Waals surface area contributed by atoms with Gasteiger partial charge in [-0.2, -0.15) is 0 Å². The molecule has 0 amide bonds. The highest BCUT2D eigenvalue weighted by Crippen LogP contribution is 2.19. The topological polar surface area (TPSA) is 32.3 Å². The molecule has 1 aliphatic rings. The second-order valence-electron chi connectivity index (χ2n) is 4.71. The predicted octanol–water partition coefficient (Wildman–Crippen LogP) is 1.75. The van der Waals surface area contributed by atoms with E-state index in [1.54, 1.807) is 6.20 Å². The second kappa shape index (κ2) is 5.65. The Labute approximate surface area is 108 Å². The molecule has 1 aliphatic heterocycles. The van der Waals surface area contributed by atoms with Gasteiger partial charge in [-0.3, -0.25) is 4.98 Å². The van der Waals surface area contributed by atoms with Gasteiger partial charge >= 0.3 is 0 Å². The Morgan fingerprint density at radius 1 is 1.41 bits per heavy atom. The van der Waals surface area contributed by atoms with Gasteiger partial charge < -0.3 is 9.80 Å². The Bertz CT molecular complexity index is 352. The lowest BCUT2D eigenvalue weighted by atomic mass is 10.1. The maximum absolute atomic E-state index is 5.71. The van der Waals surface area contributed by atoms with Crippen LogP contribution in [0, 0.1) is 0 Å². The summed E-state index contributed by atoms with van der Waals surface area (Å²) in [6, 6.07) is 0.609. The van der Waals surface area contributed by atoms with E-state index in [1.165, 1.54) is 12.8 Å². The Morgan fingerprint density at radius 3 is 2.82 bits per heavy atom. The summed E-state index contributed by atoms with van der Waals surface area (Å²) in [5, 5.41) is 0. The zero-order chi connectivity index (χ0) is 12.3. The van der Waals surface area contributed by atoms with Gasteiger partial charge in [-0.05, 0) is 26.9 Å². The van der Waals surface area contributed by atoms with Crippen molar-refractivity contribution in [2.75, 3.05) is 32.1 Å². The third kappa shape index (κ3) is 3.07. The molecule has 94 valence electrons. The van der Waals surface area contributed by atoms with Crippen molar-refractivity contribution in [1.29, 1.82) is 0 Å². The van der Waals surface area contributed by atoms with E-state index >= 15 is 0 Å². The maximum atomic E-state index is 5.71. The molecule has 2 heterocycles. The highest BCUT2D eigenvalue weighted by atomic mass is 35.5. The molecule has 4 nitrogen and oxygen atoms in total. The van der Waals surface area contributed by atoms with Crippen LogP contribution < -0.4 is 4.90 Å². The van der Waals surface area contributed by atoms with Crippen LogP contribution in [0.5, 0.6) is 0 Å². The van der Waals surface area contributed by atoms with Crippen LogP contribution in [0.1, 0.15) is 18.5 Å². The molecule has 1 saturated heterocycles. The minimum atomic E-state index is 0.424. The van der Waals surface area contributed by atoms with Crippen molar-refractivity contribution in [3.05, 3.63) is 18.1 Å². The van der Waals surface area contributed by atoms with Crippen LogP contribution in [0.3, 0.4) is 0 Å². The Kier molecular flexibility index (Phi) is 4.18. The summed E-state index contributed by atoms with van der Waals surface area (Å²) in [6.07, 6.45) is 6.07. The summed E-state index contributed by atoms with van der Waals surface area (Å²) in [6.45, 7) is 2.10. The smallest absolute Gasteiger partial charge is 0.147 e. The molecule has 5 heteroatoms. The molecule has 0 spiro atoms. The molecular weight excluding hydrogens is 236 g/mol. The third-order valence-corrected chi connectivity index (χ3v) is 3.55. The van der Waals surface area contributed by atoms with E-state index < -0.39 is 0 Å². The standard InChI is InChI=1S/C12H19ClN4/c1-16(2)11-4-3-5-17(9-11)12-8-14-10(6-13)7-15-12/h7-8,11H,3-6,9H2,1-2H3. The second-order valence-corrected chi connectivity index (χ2v) is 4.97. The monoisotopic (exact) mass is 254 g/mol. The molecule has 0 aliphatic carbocycles. The van der Waals surface area contributed by atoms with E-state index in [4.69, 9.17) is 11.6 Å². The van der Waals surface area contributed by atoms with Gasteiger partial charge in [-0.1, -0.05) is 0 Å². The number of halogens is 1. The lowest BCUT2D eigenvalue weighted by molar-refractivity contribution is 0.257. The largest absolute Gasteiger partial charge is 0.354 e. The molecule has 1 atom stereocenters. The van der Waals surface area contributed by atoms with E-state index in [-0.39, 0.29) is 0 Å². The molecule has 1 aromatic heterocycles. The van der Waals surface area contributed by atoms with Crippen molar-refractivity contribution in [2.45, 2.75) is 24.8 Å². The summed E-state index contributed by atoms with van der Waals surface area (Å²) in [7, 11) is 4.27. The third-order valence-electron chi connectivity index (χ3n) is 3.28. The zero-order valence-corrected chi connectivity index (χ0v) is 11.2. The lowest BCUT2D eigenvalue weighted by Gasteiger charge is -2.36. The number of likely N-dealkylation sites (N-methyl/N-ethyl adjacent to an activating group) is 1. The van der Waals surface area contributed by atoms with Crippen molar-refractivity contribution < 1.29 is 0 Å². The van der Waals surface area contributed by atoms with Gasteiger partial charge in [-0.25, -0.2) is 4.98 Å². The first-order valence-corrected chi connectivity index (χ1v) is 6.52. The number of hydrogen-bond donors (Lipinski definition) is 0. The van der Waals surface area contributed by atoms with Crippen LogP contribution in [-0.4, -0.2) is 48.1 Å². The molecule has 0 saturated carbocycles. The fraction of sp³-hybridized carbons (Fsp3) is 0.667. The Morgan fingerprint density at radius 2 is 2.24 bits per heavy atom. The van der Waals surface area contributed by atoms with Crippen LogP contribution in [0.15, 0.2) is 12.4 Å². The summed E-state index contributed by atoms with van der Waals surface area (Å²) in [5.41, 5.74) is 0.830. The molecule has 17 heavy (non-hydrogen) atoms. The molecule has 1 unspecified atom stereocenters. The quantitative estimate of drug-likeness (QED) is 0.770. The predicted molar refractivity (Wildman–Crippen MR) is 70.5 cm³/mol. The molecule has 2 rings (SSSR count). The minimum Gasteiger partial charge on any atom is -0.354 e. The first-order chi connectivity index (χ1) is 8.20. The van der Waals surface area contributed by atoms with Crippen LogP contribution in [0.25, 0.3) is 0 Å². The van der Waals surface area contributed by atoms with Crippen LogP contribution in [0.4, 0.5) is 5.82 Å². The molecule has 1 fully saturated rings. The molecule has 0 N–H and O–H groups in total. The van der Waals surface area contributed by atoms with Gasteiger partial charge in [0.25, 0.3) is 0 Å². The number of rotatable bonds is 3. The first-order valence-electron chi connectivity index (χ1n) is 5.99. The SMILES string of the molecule is CN(C)C1CCCN(c2cnc(CCl)cn2)C1. The number of piperidine rings is 1. The van der Waals surface area contributed by atoms with Crippen molar-refractivity contribution in [2.24, 2.45) is 0 Å². The van der Waals surface area contributed by atoms with Crippen LogP contribution in [-0.2, 0) is 5.88 Å². The van der Waals surface area contributed by atoms with Gasteiger partial charge in [0.1, 0.15) is 5.82 Å². The average Bonchev–Trinajstić information content (AvgIpc) is 2.39. The van der Waals surface area contributed by atoms with Crippen molar-refractivity contribution >= 4 is 17.4 Å². The minimum absolute atomic E-state index is 0.424. The molecule has 0 radical (unpaired) electrons. The van der Waals surface area contributed by atoms with Crippen molar-refractivity contribution in [3.8, 4) is 0 Å². The van der Waals surface area contributed by atoms with Gasteiger partial charge in [0.05, 0.1) is 24.0 Å². The number of hydrogen-bond acceptors (Lipinski definition) is 4. The van der Waals surface area contributed by atoms with E-state index in [1.807, 2.05) is 6.20 Å². The van der Waals surface area contributed by atoms with Gasteiger partial charge in [-0.15, -0.1) is 11.6 Å². The highest BCUT2D eigenvalue weighted by molar-refractivity contribution is 6.16. The van der Waals surface area contributed by atoms with Crippen molar-refractivity contribution in [3.63, 3.8) is 0 Å². The van der Waals surface area contributed by atoms with E-state index in [0.29, 0.717) is 11.9 Å². The fourth-order valence-corrected chi connectivity index (χ4v) is 2.30. The van der Waals surface area contributed by atoms with Crippen LogP contribution >= 0.6 is 11.6 Å². The molecule has 0 aromatic carbocycles. The van der Waals surface area contributed by atoms with Crippen molar-refractivity contribution in [1.82, 2.24) is 14.9 Å².